The van der Waals surface area contributed by atoms with Gasteiger partial charge in [0.2, 0.25) is 0 Å². The monoisotopic (exact) mass is 263 g/mol. The van der Waals surface area contributed by atoms with Gasteiger partial charge in [0.1, 0.15) is 0 Å². The summed E-state index contributed by atoms with van der Waals surface area (Å²) in [7, 11) is -2.08. The molecule has 0 bridgehead atoms. The molecule has 1 aromatic carbocycles. The Hall–Kier alpha value is -2.08. The maximum absolute atomic E-state index is 12.3. The van der Waals surface area contributed by atoms with Crippen LogP contribution in [-0.2, 0) is 10.0 Å². The maximum Gasteiger partial charge on any atom is 0.264 e. The Bertz CT molecular complexity index is 624. The second-order valence-electron chi connectivity index (χ2n) is 3.75. The van der Waals surface area contributed by atoms with Crippen LogP contribution in [0.5, 0.6) is 0 Å². The molecule has 94 valence electrons. The van der Waals surface area contributed by atoms with Crippen LogP contribution in [0.15, 0.2) is 53.7 Å². The Morgan fingerprint density at radius 1 is 1.17 bits per heavy atom. The molecule has 0 aliphatic heterocycles. The van der Waals surface area contributed by atoms with Crippen molar-refractivity contribution in [3.63, 3.8) is 0 Å². The van der Waals surface area contributed by atoms with Gasteiger partial charge in [-0.15, -0.1) is 0 Å². The summed E-state index contributed by atoms with van der Waals surface area (Å²) in [6.45, 7) is 0. The highest BCUT2D eigenvalue weighted by Crippen LogP contribution is 2.21. The van der Waals surface area contributed by atoms with Crippen LogP contribution in [0, 0.1) is 0 Å². The van der Waals surface area contributed by atoms with Crippen LogP contribution in [0.25, 0.3) is 0 Å². The zero-order valence-corrected chi connectivity index (χ0v) is 10.6. The zero-order valence-electron chi connectivity index (χ0n) is 9.82. The molecule has 18 heavy (non-hydrogen) atoms. The fourth-order valence-corrected chi connectivity index (χ4v) is 2.66. The molecule has 1 heterocycles. The van der Waals surface area contributed by atoms with Crippen molar-refractivity contribution in [2.45, 2.75) is 4.90 Å². The maximum atomic E-state index is 12.3. The van der Waals surface area contributed by atoms with Gasteiger partial charge in [-0.3, -0.25) is 9.29 Å². The van der Waals surface area contributed by atoms with E-state index in [2.05, 4.69) is 4.98 Å². The van der Waals surface area contributed by atoms with Crippen molar-refractivity contribution in [2.24, 2.45) is 0 Å². The number of nitrogens with zero attached hydrogens (tertiary/aromatic N) is 2. The van der Waals surface area contributed by atoms with E-state index in [0.717, 1.165) is 0 Å². The lowest BCUT2D eigenvalue weighted by Crippen LogP contribution is -2.26. The Morgan fingerprint density at radius 2 is 1.83 bits per heavy atom. The van der Waals surface area contributed by atoms with Crippen molar-refractivity contribution in [3.8, 4) is 0 Å². The van der Waals surface area contributed by atoms with Crippen LogP contribution in [0.4, 0.5) is 11.4 Å². The highest BCUT2D eigenvalue weighted by Gasteiger charge is 2.20. The average molecular weight is 263 g/mol. The van der Waals surface area contributed by atoms with Crippen molar-refractivity contribution in [1.29, 1.82) is 0 Å². The first-order chi connectivity index (χ1) is 8.51. The molecule has 0 aliphatic carbocycles. The lowest BCUT2D eigenvalue weighted by molar-refractivity contribution is 0.594. The summed E-state index contributed by atoms with van der Waals surface area (Å²) in [5.41, 5.74) is 6.57. The summed E-state index contributed by atoms with van der Waals surface area (Å²) in [5.74, 6) is 0. The molecule has 2 aromatic rings. The summed E-state index contributed by atoms with van der Waals surface area (Å²) in [4.78, 5) is 4.10. The highest BCUT2D eigenvalue weighted by atomic mass is 32.2. The molecule has 0 atom stereocenters. The van der Waals surface area contributed by atoms with Crippen molar-refractivity contribution in [1.82, 2.24) is 4.98 Å². The summed E-state index contributed by atoms with van der Waals surface area (Å²) >= 11 is 0. The molecule has 0 saturated carbocycles. The summed E-state index contributed by atoms with van der Waals surface area (Å²) in [6, 6.07) is 9.45. The van der Waals surface area contributed by atoms with Crippen molar-refractivity contribution >= 4 is 21.4 Å². The smallest absolute Gasteiger partial charge is 0.264 e. The van der Waals surface area contributed by atoms with Crippen LogP contribution in [0.3, 0.4) is 0 Å². The van der Waals surface area contributed by atoms with Crippen LogP contribution < -0.4 is 10.0 Å². The molecule has 0 radical (unpaired) electrons. The minimum Gasteiger partial charge on any atom is -0.399 e. The second-order valence-corrected chi connectivity index (χ2v) is 5.72. The number of hydrogen-bond acceptors (Lipinski definition) is 4. The Labute approximate surface area is 106 Å². The molecule has 0 aliphatic rings. The van der Waals surface area contributed by atoms with E-state index in [1.54, 1.807) is 30.5 Å². The van der Waals surface area contributed by atoms with Gasteiger partial charge in [-0.05, 0) is 36.4 Å². The molecule has 2 rings (SSSR count). The van der Waals surface area contributed by atoms with Crippen LogP contribution in [0.2, 0.25) is 0 Å². The van der Waals surface area contributed by atoms with Gasteiger partial charge in [0, 0.05) is 18.9 Å². The van der Waals surface area contributed by atoms with Crippen molar-refractivity contribution in [2.75, 3.05) is 17.1 Å². The van der Waals surface area contributed by atoms with Gasteiger partial charge < -0.3 is 5.73 Å². The molecule has 0 unspecified atom stereocenters. The average Bonchev–Trinajstić information content (AvgIpc) is 2.39. The van der Waals surface area contributed by atoms with Crippen LogP contribution in [0.1, 0.15) is 0 Å². The molecule has 1 aromatic heterocycles. The van der Waals surface area contributed by atoms with Crippen molar-refractivity contribution < 1.29 is 8.42 Å². The standard InChI is InChI=1S/C12H13N3O2S/c1-15(11-3-2-8-14-9-11)18(16,17)12-6-4-10(13)5-7-12/h2-9H,13H2,1H3. The Morgan fingerprint density at radius 3 is 2.39 bits per heavy atom. The molecule has 0 amide bonds. The lowest BCUT2D eigenvalue weighted by atomic mass is 10.3. The first-order valence-electron chi connectivity index (χ1n) is 5.26. The molecule has 2 N–H and O–H groups in total. The Kier molecular flexibility index (Phi) is 3.20. The van der Waals surface area contributed by atoms with E-state index in [-0.39, 0.29) is 4.90 Å². The van der Waals surface area contributed by atoms with Gasteiger partial charge in [-0.2, -0.15) is 0 Å². The van der Waals surface area contributed by atoms with E-state index in [1.807, 2.05) is 0 Å². The second kappa shape index (κ2) is 4.66. The number of sulfonamides is 1. The molecule has 0 spiro atoms. The number of benzene rings is 1. The first-order valence-corrected chi connectivity index (χ1v) is 6.70. The van der Waals surface area contributed by atoms with Gasteiger partial charge in [0.25, 0.3) is 10.0 Å². The minimum atomic E-state index is -3.57. The first kappa shape index (κ1) is 12.4. The largest absolute Gasteiger partial charge is 0.399 e. The summed E-state index contributed by atoms with van der Waals surface area (Å²) in [5, 5.41) is 0. The lowest BCUT2D eigenvalue weighted by Gasteiger charge is -2.18. The fraction of sp³-hybridized carbons (Fsp3) is 0.0833. The third-order valence-corrected chi connectivity index (χ3v) is 4.35. The quantitative estimate of drug-likeness (QED) is 0.851. The van der Waals surface area contributed by atoms with Gasteiger partial charge in [-0.25, -0.2) is 8.42 Å². The van der Waals surface area contributed by atoms with E-state index >= 15 is 0 Å². The fourth-order valence-electron chi connectivity index (χ4n) is 1.48. The molecule has 0 fully saturated rings. The van der Waals surface area contributed by atoms with Gasteiger partial charge in [-0.1, -0.05) is 0 Å². The SMILES string of the molecule is CN(c1cccnc1)S(=O)(=O)c1ccc(N)cc1. The van der Waals surface area contributed by atoms with Crippen LogP contribution in [-0.4, -0.2) is 20.4 Å². The van der Waals surface area contributed by atoms with E-state index < -0.39 is 10.0 Å². The molecular formula is C12H13N3O2S. The van der Waals surface area contributed by atoms with Gasteiger partial charge >= 0.3 is 0 Å². The van der Waals surface area contributed by atoms with E-state index in [9.17, 15) is 8.42 Å². The summed E-state index contributed by atoms with van der Waals surface area (Å²) in [6.07, 6.45) is 3.09. The number of hydrogen-bond donors (Lipinski definition) is 1. The van der Waals surface area contributed by atoms with Crippen LogP contribution >= 0.6 is 0 Å². The Balaban J connectivity index is 2.40. The third kappa shape index (κ3) is 2.28. The third-order valence-electron chi connectivity index (χ3n) is 2.55. The van der Waals surface area contributed by atoms with Gasteiger partial charge in [0.05, 0.1) is 16.8 Å². The number of nitrogen functional groups attached to an aromatic ring is 1. The van der Waals surface area contributed by atoms with E-state index in [4.69, 9.17) is 5.73 Å². The van der Waals surface area contributed by atoms with Gasteiger partial charge in [0.15, 0.2) is 0 Å². The number of anilines is 2. The number of rotatable bonds is 3. The number of pyridine rings is 1. The molecule has 0 saturated heterocycles. The molecule has 6 heteroatoms. The predicted octanol–water partition coefficient (Wildman–Crippen LogP) is 1.49. The highest BCUT2D eigenvalue weighted by molar-refractivity contribution is 7.92. The van der Waals surface area contributed by atoms with E-state index in [0.29, 0.717) is 11.4 Å². The molecular weight excluding hydrogens is 250 g/mol. The minimum absolute atomic E-state index is 0.197. The topological polar surface area (TPSA) is 76.3 Å². The normalized spacial score (nSPS) is 11.2. The molecule has 5 nitrogen and oxygen atoms in total. The number of aromatic nitrogens is 1. The summed E-state index contributed by atoms with van der Waals surface area (Å²) < 4.78 is 25.8. The number of nitrogens with two attached hydrogens (primary N) is 1. The van der Waals surface area contributed by atoms with E-state index in [1.165, 1.54) is 29.7 Å². The van der Waals surface area contributed by atoms with Crippen molar-refractivity contribution in [3.05, 3.63) is 48.8 Å². The zero-order chi connectivity index (χ0) is 13.2. The predicted molar refractivity (Wildman–Crippen MR) is 70.7 cm³/mol.